The molecule has 1 aromatic carbocycles. The third kappa shape index (κ3) is 5.22. The molecule has 0 spiro atoms. The summed E-state index contributed by atoms with van der Waals surface area (Å²) in [6, 6.07) is 12.4. The number of rotatable bonds is 7. The van der Waals surface area contributed by atoms with Gasteiger partial charge in [0, 0.05) is 25.0 Å². The third-order valence-corrected chi connectivity index (χ3v) is 7.04. The van der Waals surface area contributed by atoms with Crippen molar-refractivity contribution >= 4 is 21.8 Å². The fourth-order valence-corrected chi connectivity index (χ4v) is 4.92. The van der Waals surface area contributed by atoms with Crippen molar-refractivity contribution in [1.29, 1.82) is 5.26 Å². The van der Waals surface area contributed by atoms with Crippen LogP contribution in [0.15, 0.2) is 52.5 Å². The second kappa shape index (κ2) is 9.22. The molecule has 0 unspecified atom stereocenters. The van der Waals surface area contributed by atoms with Gasteiger partial charge in [0.1, 0.15) is 10.6 Å². The zero-order valence-electron chi connectivity index (χ0n) is 14.9. The lowest BCUT2D eigenvalue weighted by atomic mass is 10.2. The maximum atomic E-state index is 12.6. The van der Waals surface area contributed by atoms with E-state index in [9.17, 15) is 8.42 Å². The molecule has 0 bridgehead atoms. The molecule has 1 saturated heterocycles. The van der Waals surface area contributed by atoms with E-state index < -0.39 is 10.0 Å². The zero-order chi connectivity index (χ0) is 19.1. The SMILES string of the molecule is N#Cc1ccc(OCCSc2ccc(S(=O)(=O)N3CCCCC3)cn2)cc1. The van der Waals surface area contributed by atoms with Crippen LogP contribution in [0.3, 0.4) is 0 Å². The Labute approximate surface area is 164 Å². The minimum absolute atomic E-state index is 0.252. The molecular weight excluding hydrogens is 382 g/mol. The Kier molecular flexibility index (Phi) is 6.72. The highest BCUT2D eigenvalue weighted by atomic mass is 32.2. The number of hydrogen-bond acceptors (Lipinski definition) is 6. The van der Waals surface area contributed by atoms with Crippen LogP contribution in [0.5, 0.6) is 5.75 Å². The lowest BCUT2D eigenvalue weighted by Crippen LogP contribution is -2.35. The molecular formula is C19H21N3O3S2. The lowest BCUT2D eigenvalue weighted by Gasteiger charge is -2.25. The smallest absolute Gasteiger partial charge is 0.244 e. The molecule has 2 aromatic rings. The van der Waals surface area contributed by atoms with Crippen molar-refractivity contribution in [1.82, 2.24) is 9.29 Å². The molecule has 1 aliphatic heterocycles. The lowest BCUT2D eigenvalue weighted by molar-refractivity contribution is 0.344. The molecule has 1 aliphatic rings. The van der Waals surface area contributed by atoms with Gasteiger partial charge in [-0.1, -0.05) is 6.42 Å². The van der Waals surface area contributed by atoms with Gasteiger partial charge in [0.25, 0.3) is 0 Å². The van der Waals surface area contributed by atoms with Gasteiger partial charge in [-0.15, -0.1) is 11.8 Å². The van der Waals surface area contributed by atoms with E-state index in [1.807, 2.05) is 0 Å². The minimum Gasteiger partial charge on any atom is -0.493 e. The summed E-state index contributed by atoms with van der Waals surface area (Å²) in [7, 11) is -3.43. The molecule has 1 fully saturated rings. The topological polar surface area (TPSA) is 83.3 Å². The minimum atomic E-state index is -3.43. The Morgan fingerprint density at radius 1 is 1.11 bits per heavy atom. The second-order valence-electron chi connectivity index (χ2n) is 6.13. The van der Waals surface area contributed by atoms with Crippen LogP contribution in [0.1, 0.15) is 24.8 Å². The summed E-state index contributed by atoms with van der Waals surface area (Å²) in [5.41, 5.74) is 0.598. The number of pyridine rings is 1. The predicted molar refractivity (Wildman–Crippen MR) is 104 cm³/mol. The number of thioether (sulfide) groups is 1. The van der Waals surface area contributed by atoms with Crippen LogP contribution in [0.2, 0.25) is 0 Å². The Hall–Kier alpha value is -2.08. The molecule has 0 amide bonds. The first-order valence-electron chi connectivity index (χ1n) is 8.81. The Morgan fingerprint density at radius 3 is 2.48 bits per heavy atom. The van der Waals surface area contributed by atoms with Crippen molar-refractivity contribution in [3.8, 4) is 11.8 Å². The van der Waals surface area contributed by atoms with Crippen molar-refractivity contribution in [3.63, 3.8) is 0 Å². The number of nitrogens with zero attached hydrogens (tertiary/aromatic N) is 3. The quantitative estimate of drug-likeness (QED) is 0.521. The highest BCUT2D eigenvalue weighted by Crippen LogP contribution is 2.22. The first kappa shape index (κ1) is 19.7. The fraction of sp³-hybridized carbons (Fsp3) is 0.368. The zero-order valence-corrected chi connectivity index (χ0v) is 16.5. The van der Waals surface area contributed by atoms with Gasteiger partial charge in [-0.25, -0.2) is 13.4 Å². The van der Waals surface area contributed by atoms with Crippen LogP contribution in [0, 0.1) is 11.3 Å². The van der Waals surface area contributed by atoms with Crippen LogP contribution in [0.25, 0.3) is 0 Å². The summed E-state index contributed by atoms with van der Waals surface area (Å²) in [5, 5.41) is 9.53. The van der Waals surface area contributed by atoms with Gasteiger partial charge in [-0.2, -0.15) is 9.57 Å². The molecule has 2 heterocycles. The summed E-state index contributed by atoms with van der Waals surface area (Å²) in [6.45, 7) is 1.67. The number of hydrogen-bond donors (Lipinski definition) is 0. The van der Waals surface area contributed by atoms with E-state index in [0.717, 1.165) is 24.3 Å². The second-order valence-corrected chi connectivity index (χ2v) is 9.18. The molecule has 0 N–H and O–H groups in total. The molecule has 0 radical (unpaired) electrons. The van der Waals surface area contributed by atoms with E-state index >= 15 is 0 Å². The molecule has 142 valence electrons. The summed E-state index contributed by atoms with van der Waals surface area (Å²) in [4.78, 5) is 4.52. The van der Waals surface area contributed by atoms with E-state index in [0.29, 0.717) is 36.8 Å². The van der Waals surface area contributed by atoms with Crippen LogP contribution < -0.4 is 4.74 Å². The van der Waals surface area contributed by atoms with Gasteiger partial charge >= 0.3 is 0 Å². The largest absolute Gasteiger partial charge is 0.493 e. The van der Waals surface area contributed by atoms with E-state index in [1.165, 1.54) is 18.0 Å². The van der Waals surface area contributed by atoms with Gasteiger partial charge in [0.05, 0.1) is 23.3 Å². The van der Waals surface area contributed by atoms with Crippen molar-refractivity contribution in [2.45, 2.75) is 29.2 Å². The Balaban J connectivity index is 1.49. The van der Waals surface area contributed by atoms with E-state index in [1.54, 1.807) is 40.7 Å². The summed E-state index contributed by atoms with van der Waals surface area (Å²) < 4.78 is 32.4. The molecule has 8 heteroatoms. The average molecular weight is 404 g/mol. The number of ether oxygens (including phenoxy) is 1. The van der Waals surface area contributed by atoms with Crippen LogP contribution in [-0.4, -0.2) is 43.2 Å². The van der Waals surface area contributed by atoms with E-state index in [2.05, 4.69) is 11.1 Å². The molecule has 0 aliphatic carbocycles. The predicted octanol–water partition coefficient (Wildman–Crippen LogP) is 3.30. The Morgan fingerprint density at radius 2 is 1.85 bits per heavy atom. The van der Waals surface area contributed by atoms with Crippen molar-refractivity contribution in [2.75, 3.05) is 25.4 Å². The summed E-state index contributed by atoms with van der Waals surface area (Å²) in [6.07, 6.45) is 4.36. The van der Waals surface area contributed by atoms with Crippen LogP contribution >= 0.6 is 11.8 Å². The average Bonchev–Trinajstić information content (AvgIpc) is 2.72. The van der Waals surface area contributed by atoms with Crippen LogP contribution in [-0.2, 0) is 10.0 Å². The van der Waals surface area contributed by atoms with Crippen LogP contribution in [0.4, 0.5) is 0 Å². The highest BCUT2D eigenvalue weighted by molar-refractivity contribution is 7.99. The monoisotopic (exact) mass is 403 g/mol. The molecule has 6 nitrogen and oxygen atoms in total. The first-order valence-corrected chi connectivity index (χ1v) is 11.2. The number of piperidine rings is 1. The summed E-state index contributed by atoms with van der Waals surface area (Å²) in [5.74, 6) is 1.40. The number of sulfonamides is 1. The van der Waals surface area contributed by atoms with Gasteiger partial charge in [0.15, 0.2) is 0 Å². The molecule has 0 atom stereocenters. The normalized spacial score (nSPS) is 15.2. The molecule has 3 rings (SSSR count). The van der Waals surface area contributed by atoms with E-state index in [-0.39, 0.29) is 4.90 Å². The number of nitriles is 1. The molecule has 0 saturated carbocycles. The van der Waals surface area contributed by atoms with Gasteiger partial charge in [-0.05, 0) is 49.2 Å². The van der Waals surface area contributed by atoms with Gasteiger partial charge in [-0.3, -0.25) is 0 Å². The van der Waals surface area contributed by atoms with E-state index in [4.69, 9.17) is 10.00 Å². The maximum absolute atomic E-state index is 12.6. The van der Waals surface area contributed by atoms with Crippen molar-refractivity contribution in [3.05, 3.63) is 48.2 Å². The Bertz CT molecular complexity index is 885. The highest BCUT2D eigenvalue weighted by Gasteiger charge is 2.26. The fourth-order valence-electron chi connectivity index (χ4n) is 2.79. The van der Waals surface area contributed by atoms with Crippen molar-refractivity contribution in [2.24, 2.45) is 0 Å². The number of benzene rings is 1. The maximum Gasteiger partial charge on any atom is 0.244 e. The van der Waals surface area contributed by atoms with Crippen molar-refractivity contribution < 1.29 is 13.2 Å². The van der Waals surface area contributed by atoms with Gasteiger partial charge in [0.2, 0.25) is 10.0 Å². The summed E-state index contributed by atoms with van der Waals surface area (Å²) >= 11 is 1.51. The third-order valence-electron chi connectivity index (χ3n) is 4.25. The standard InChI is InChI=1S/C19H21N3O3S2/c20-14-16-4-6-17(7-5-16)25-12-13-26-19-9-8-18(15-21-19)27(23,24)22-10-2-1-3-11-22/h4-9,15H,1-3,10-13H2. The number of aromatic nitrogens is 1. The van der Waals surface area contributed by atoms with Gasteiger partial charge < -0.3 is 4.74 Å². The first-order chi connectivity index (χ1) is 13.1. The molecule has 1 aromatic heterocycles. The molecule has 27 heavy (non-hydrogen) atoms.